The number of likely N-dealkylation sites (N-methyl/N-ethyl adjacent to an activating group) is 1. The van der Waals surface area contributed by atoms with Gasteiger partial charge >= 0.3 is 6.03 Å². The Kier molecular flexibility index (Phi) is 6.20. The summed E-state index contributed by atoms with van der Waals surface area (Å²) in [7, 11) is 4.13. The normalized spacial score (nSPS) is 21.0. The van der Waals surface area contributed by atoms with E-state index in [9.17, 15) is 4.79 Å². The van der Waals surface area contributed by atoms with Gasteiger partial charge < -0.3 is 19.9 Å². The molecule has 1 aromatic rings. The van der Waals surface area contributed by atoms with Crippen LogP contribution in [0.4, 0.5) is 4.79 Å². The Morgan fingerprint density at radius 1 is 1.23 bits per heavy atom. The first kappa shape index (κ1) is 19.2. The number of nitrogens with zero attached hydrogens (tertiary/aromatic N) is 2. The highest BCUT2D eigenvalue weighted by molar-refractivity contribution is 5.74. The van der Waals surface area contributed by atoms with Gasteiger partial charge in [0.25, 0.3) is 0 Å². The van der Waals surface area contributed by atoms with Gasteiger partial charge in [0.1, 0.15) is 0 Å². The molecule has 3 rings (SSSR count). The fourth-order valence-electron chi connectivity index (χ4n) is 4.26. The topological polar surface area (TPSA) is 44.8 Å². The van der Waals surface area contributed by atoms with Crippen LogP contribution in [0.5, 0.6) is 0 Å². The van der Waals surface area contributed by atoms with Crippen LogP contribution in [0.15, 0.2) is 24.3 Å². The molecule has 2 amide bonds. The van der Waals surface area contributed by atoms with Crippen LogP contribution >= 0.6 is 0 Å². The number of benzene rings is 1. The van der Waals surface area contributed by atoms with Crippen molar-refractivity contribution in [2.45, 2.75) is 38.6 Å². The average Bonchev–Trinajstić information content (AvgIpc) is 2.63. The molecule has 2 heterocycles. The SMILES string of the molecule is Cc1cccc([C@@H](CNC(=O)N2CCC3(CCOCC3)CC2)N(C)C)c1. The van der Waals surface area contributed by atoms with Crippen LogP contribution in [0, 0.1) is 12.3 Å². The van der Waals surface area contributed by atoms with Crippen molar-refractivity contribution in [3.63, 3.8) is 0 Å². The van der Waals surface area contributed by atoms with E-state index in [0.717, 1.165) is 52.0 Å². The van der Waals surface area contributed by atoms with Gasteiger partial charge in [0, 0.05) is 32.8 Å². The molecule has 5 heteroatoms. The quantitative estimate of drug-likeness (QED) is 0.898. The van der Waals surface area contributed by atoms with E-state index in [-0.39, 0.29) is 12.1 Å². The minimum Gasteiger partial charge on any atom is -0.381 e. The number of likely N-dealkylation sites (tertiary alicyclic amines) is 1. The summed E-state index contributed by atoms with van der Waals surface area (Å²) in [4.78, 5) is 16.8. The lowest BCUT2D eigenvalue weighted by Crippen LogP contribution is -2.49. The second kappa shape index (κ2) is 8.40. The molecule has 5 nitrogen and oxygen atoms in total. The summed E-state index contributed by atoms with van der Waals surface area (Å²) in [6.07, 6.45) is 4.52. The zero-order chi connectivity index (χ0) is 18.6. The van der Waals surface area contributed by atoms with Crippen molar-refractivity contribution in [1.82, 2.24) is 15.1 Å². The first-order valence-electron chi connectivity index (χ1n) is 9.83. The molecule has 1 atom stereocenters. The number of hydrogen-bond acceptors (Lipinski definition) is 3. The number of piperidine rings is 1. The third-order valence-electron chi connectivity index (χ3n) is 6.16. The molecule has 2 aliphatic rings. The average molecular weight is 360 g/mol. The molecular formula is C21H33N3O2. The number of carbonyl (C=O) groups excluding carboxylic acids is 1. The molecule has 2 fully saturated rings. The molecule has 0 radical (unpaired) electrons. The van der Waals surface area contributed by atoms with Crippen LogP contribution in [0.1, 0.15) is 42.9 Å². The highest BCUT2D eigenvalue weighted by Crippen LogP contribution is 2.40. The van der Waals surface area contributed by atoms with Crippen molar-refractivity contribution >= 4 is 6.03 Å². The summed E-state index contributed by atoms with van der Waals surface area (Å²) in [5.74, 6) is 0. The largest absolute Gasteiger partial charge is 0.381 e. The Morgan fingerprint density at radius 3 is 2.54 bits per heavy atom. The van der Waals surface area contributed by atoms with Gasteiger partial charge in [-0.25, -0.2) is 4.79 Å². The summed E-state index contributed by atoms with van der Waals surface area (Å²) in [6.45, 7) is 6.23. The van der Waals surface area contributed by atoms with E-state index in [2.05, 4.69) is 55.5 Å². The monoisotopic (exact) mass is 359 g/mol. The van der Waals surface area contributed by atoms with E-state index >= 15 is 0 Å². The van der Waals surface area contributed by atoms with Crippen LogP contribution in [-0.2, 0) is 4.74 Å². The molecule has 0 aliphatic carbocycles. The Morgan fingerprint density at radius 2 is 1.92 bits per heavy atom. The van der Waals surface area contributed by atoms with E-state index in [1.165, 1.54) is 11.1 Å². The van der Waals surface area contributed by atoms with Gasteiger partial charge in [-0.3, -0.25) is 0 Å². The maximum Gasteiger partial charge on any atom is 0.317 e. The van der Waals surface area contributed by atoms with E-state index in [4.69, 9.17) is 4.74 Å². The molecule has 0 bridgehead atoms. The number of rotatable bonds is 4. The van der Waals surface area contributed by atoms with E-state index in [1.807, 2.05) is 4.90 Å². The first-order chi connectivity index (χ1) is 12.5. The number of urea groups is 1. The predicted molar refractivity (Wildman–Crippen MR) is 104 cm³/mol. The summed E-state index contributed by atoms with van der Waals surface area (Å²) in [5, 5.41) is 3.16. The van der Waals surface area contributed by atoms with Crippen LogP contribution in [0.2, 0.25) is 0 Å². The van der Waals surface area contributed by atoms with Crippen molar-refractivity contribution < 1.29 is 9.53 Å². The highest BCUT2D eigenvalue weighted by Gasteiger charge is 2.37. The zero-order valence-corrected chi connectivity index (χ0v) is 16.5. The van der Waals surface area contributed by atoms with Crippen LogP contribution < -0.4 is 5.32 Å². The predicted octanol–water partition coefficient (Wildman–Crippen LogP) is 3.20. The van der Waals surface area contributed by atoms with Gasteiger partial charge in [-0.2, -0.15) is 0 Å². The van der Waals surface area contributed by atoms with Crippen molar-refractivity contribution in [3.05, 3.63) is 35.4 Å². The van der Waals surface area contributed by atoms with Gasteiger partial charge in [0.15, 0.2) is 0 Å². The number of amides is 2. The minimum atomic E-state index is 0.0754. The second-order valence-electron chi connectivity index (χ2n) is 8.18. The summed E-state index contributed by atoms with van der Waals surface area (Å²) >= 11 is 0. The molecule has 1 aromatic carbocycles. The smallest absolute Gasteiger partial charge is 0.317 e. The summed E-state index contributed by atoms with van der Waals surface area (Å²) in [5.41, 5.74) is 2.91. The Hall–Kier alpha value is -1.59. The molecule has 0 saturated carbocycles. The van der Waals surface area contributed by atoms with Crippen LogP contribution in [0.25, 0.3) is 0 Å². The first-order valence-corrected chi connectivity index (χ1v) is 9.83. The molecule has 0 aromatic heterocycles. The fraction of sp³-hybridized carbons (Fsp3) is 0.667. The molecule has 1 spiro atoms. The number of aryl methyl sites for hydroxylation is 1. The van der Waals surface area contributed by atoms with E-state index in [1.54, 1.807) is 0 Å². The Balaban J connectivity index is 1.53. The molecule has 144 valence electrons. The lowest BCUT2D eigenvalue weighted by atomic mass is 9.72. The number of carbonyl (C=O) groups is 1. The lowest BCUT2D eigenvalue weighted by molar-refractivity contribution is -0.0145. The van der Waals surface area contributed by atoms with Gasteiger partial charge in [-0.15, -0.1) is 0 Å². The number of hydrogen-bond donors (Lipinski definition) is 1. The molecule has 2 aliphatic heterocycles. The lowest BCUT2D eigenvalue weighted by Gasteiger charge is -2.44. The fourth-order valence-corrected chi connectivity index (χ4v) is 4.26. The van der Waals surface area contributed by atoms with Gasteiger partial charge in [-0.05, 0) is 57.7 Å². The van der Waals surface area contributed by atoms with Crippen LogP contribution in [0.3, 0.4) is 0 Å². The molecule has 1 N–H and O–H groups in total. The standard InChI is InChI=1S/C21H33N3O2/c1-17-5-4-6-18(15-17)19(23(2)3)16-22-20(25)24-11-7-21(8-12-24)9-13-26-14-10-21/h4-6,15,19H,7-14,16H2,1-3H3,(H,22,25)/t19-/m1/s1. The Bertz CT molecular complexity index is 601. The zero-order valence-electron chi connectivity index (χ0n) is 16.5. The number of nitrogens with one attached hydrogen (secondary N) is 1. The Labute approximate surface area is 157 Å². The molecule has 0 unspecified atom stereocenters. The van der Waals surface area contributed by atoms with E-state index in [0.29, 0.717) is 12.0 Å². The summed E-state index contributed by atoms with van der Waals surface area (Å²) in [6, 6.07) is 8.79. The highest BCUT2D eigenvalue weighted by atomic mass is 16.5. The van der Waals surface area contributed by atoms with Crippen molar-refractivity contribution in [2.24, 2.45) is 5.41 Å². The number of ether oxygens (including phenoxy) is 1. The van der Waals surface area contributed by atoms with Crippen molar-refractivity contribution in [1.29, 1.82) is 0 Å². The maximum absolute atomic E-state index is 12.7. The van der Waals surface area contributed by atoms with Gasteiger partial charge in [0.2, 0.25) is 0 Å². The minimum absolute atomic E-state index is 0.0754. The second-order valence-corrected chi connectivity index (χ2v) is 8.18. The van der Waals surface area contributed by atoms with Gasteiger partial charge in [0.05, 0.1) is 6.04 Å². The van der Waals surface area contributed by atoms with Gasteiger partial charge in [-0.1, -0.05) is 29.8 Å². The molecule has 2 saturated heterocycles. The molecule has 26 heavy (non-hydrogen) atoms. The third kappa shape index (κ3) is 4.57. The maximum atomic E-state index is 12.7. The van der Waals surface area contributed by atoms with E-state index < -0.39 is 0 Å². The summed E-state index contributed by atoms with van der Waals surface area (Å²) < 4.78 is 5.51. The molecular weight excluding hydrogens is 326 g/mol. The van der Waals surface area contributed by atoms with Crippen LogP contribution in [-0.4, -0.2) is 62.8 Å². The third-order valence-corrected chi connectivity index (χ3v) is 6.16. The van der Waals surface area contributed by atoms with Crippen molar-refractivity contribution in [2.75, 3.05) is 46.9 Å². The van der Waals surface area contributed by atoms with Crippen molar-refractivity contribution in [3.8, 4) is 0 Å².